The highest BCUT2D eigenvalue weighted by Crippen LogP contribution is 2.25. The van der Waals surface area contributed by atoms with Crippen molar-refractivity contribution in [3.8, 4) is 0 Å². The monoisotopic (exact) mass is 268 g/mol. The van der Waals surface area contributed by atoms with Crippen molar-refractivity contribution in [3.05, 3.63) is 0 Å². The normalized spacial score (nSPS) is 20.0. The number of carbonyl (C=O) groups excluding carboxylic acids is 3. The summed E-state index contributed by atoms with van der Waals surface area (Å²) in [6, 6.07) is -0.497. The number of hydrogen-bond acceptors (Lipinski definition) is 3. The van der Waals surface area contributed by atoms with Crippen LogP contribution < -0.4 is 5.32 Å². The summed E-state index contributed by atoms with van der Waals surface area (Å²) in [7, 11) is 1.55. The zero-order valence-electron chi connectivity index (χ0n) is 12.3. The lowest BCUT2D eigenvalue weighted by Gasteiger charge is -2.35. The van der Waals surface area contributed by atoms with Crippen LogP contribution in [0.4, 0.5) is 0 Å². The molecule has 5 nitrogen and oxygen atoms in total. The molecule has 1 heterocycles. The van der Waals surface area contributed by atoms with Crippen LogP contribution in [0.25, 0.3) is 0 Å². The third kappa shape index (κ3) is 3.33. The number of carbonyl (C=O) groups is 3. The first-order chi connectivity index (χ1) is 8.85. The van der Waals surface area contributed by atoms with E-state index in [1.807, 2.05) is 6.92 Å². The summed E-state index contributed by atoms with van der Waals surface area (Å²) >= 11 is 0. The van der Waals surface area contributed by atoms with E-state index in [2.05, 4.69) is 5.32 Å². The van der Waals surface area contributed by atoms with E-state index in [1.54, 1.807) is 20.9 Å². The highest BCUT2D eigenvalue weighted by Gasteiger charge is 2.39. The first-order valence-electron chi connectivity index (χ1n) is 6.92. The molecule has 1 rings (SSSR count). The molecule has 0 saturated carbocycles. The van der Waals surface area contributed by atoms with Gasteiger partial charge in [-0.2, -0.15) is 0 Å². The van der Waals surface area contributed by atoms with Crippen LogP contribution in [-0.4, -0.2) is 42.1 Å². The van der Waals surface area contributed by atoms with Crippen molar-refractivity contribution in [2.24, 2.45) is 5.41 Å². The van der Waals surface area contributed by atoms with Gasteiger partial charge in [-0.15, -0.1) is 0 Å². The molecule has 1 aliphatic rings. The third-order valence-electron chi connectivity index (χ3n) is 4.01. The van der Waals surface area contributed by atoms with Crippen molar-refractivity contribution in [1.29, 1.82) is 0 Å². The summed E-state index contributed by atoms with van der Waals surface area (Å²) in [6.07, 6.45) is 2.99. The van der Waals surface area contributed by atoms with Crippen LogP contribution in [0.3, 0.4) is 0 Å². The Labute approximate surface area is 114 Å². The Hall–Kier alpha value is -1.39. The Balaban J connectivity index is 2.89. The van der Waals surface area contributed by atoms with Gasteiger partial charge in [-0.3, -0.25) is 14.4 Å². The van der Waals surface area contributed by atoms with Gasteiger partial charge in [-0.25, -0.2) is 0 Å². The fourth-order valence-electron chi connectivity index (χ4n) is 2.19. The van der Waals surface area contributed by atoms with Gasteiger partial charge in [0.15, 0.2) is 0 Å². The molecule has 0 radical (unpaired) electrons. The molecule has 1 fully saturated rings. The molecule has 0 unspecified atom stereocenters. The van der Waals surface area contributed by atoms with Gasteiger partial charge in [-0.05, 0) is 25.7 Å². The quantitative estimate of drug-likeness (QED) is 0.777. The molecule has 108 valence electrons. The largest absolute Gasteiger partial charge is 0.357 e. The van der Waals surface area contributed by atoms with Crippen LogP contribution in [0.5, 0.6) is 0 Å². The van der Waals surface area contributed by atoms with Gasteiger partial charge >= 0.3 is 0 Å². The van der Waals surface area contributed by atoms with Gasteiger partial charge in [0.25, 0.3) is 5.91 Å². The molecule has 5 heteroatoms. The maximum absolute atomic E-state index is 12.3. The molecule has 0 bridgehead atoms. The van der Waals surface area contributed by atoms with Crippen molar-refractivity contribution in [2.75, 3.05) is 13.6 Å². The van der Waals surface area contributed by atoms with Gasteiger partial charge in [0.1, 0.15) is 6.04 Å². The van der Waals surface area contributed by atoms with Crippen molar-refractivity contribution in [2.45, 2.75) is 52.5 Å². The minimum absolute atomic E-state index is 0.185. The van der Waals surface area contributed by atoms with Crippen molar-refractivity contribution < 1.29 is 14.4 Å². The number of Topliss-reactive ketones (excluding diaryl/α,β-unsaturated/α-hetero) is 1. The zero-order chi connectivity index (χ0) is 14.6. The Bertz CT molecular complexity index is 377. The Morgan fingerprint density at radius 2 is 1.89 bits per heavy atom. The molecule has 0 spiro atoms. The summed E-state index contributed by atoms with van der Waals surface area (Å²) in [5.74, 6) is -1.10. The molecule has 1 aliphatic heterocycles. The molecular formula is C14H24N2O3. The molecule has 1 atom stereocenters. The average Bonchev–Trinajstić information content (AvgIpc) is 2.44. The molecule has 0 aromatic carbocycles. The molecule has 2 amide bonds. The molecule has 0 aromatic rings. The molecule has 0 aliphatic carbocycles. The van der Waals surface area contributed by atoms with Crippen LogP contribution in [0.1, 0.15) is 46.5 Å². The SMILES string of the molecule is CCC(C)(C)C(=O)C(=O)N1CCCC[C@H]1C(=O)NC. The number of ketones is 1. The standard InChI is InChI=1S/C14H24N2O3/c1-5-14(2,3)11(17)13(19)16-9-7-6-8-10(16)12(18)15-4/h10H,5-9H2,1-4H3,(H,15,18)/t10-/m0/s1. The van der Waals surface area contributed by atoms with Crippen molar-refractivity contribution in [3.63, 3.8) is 0 Å². The second-order valence-corrected chi connectivity index (χ2v) is 5.69. The zero-order valence-corrected chi connectivity index (χ0v) is 12.3. The first-order valence-corrected chi connectivity index (χ1v) is 6.92. The number of rotatable bonds is 4. The maximum Gasteiger partial charge on any atom is 0.291 e. The summed E-state index contributed by atoms with van der Waals surface area (Å²) in [4.78, 5) is 37.8. The molecular weight excluding hydrogens is 244 g/mol. The van der Waals surface area contributed by atoms with Gasteiger partial charge in [0, 0.05) is 19.0 Å². The average molecular weight is 268 g/mol. The number of likely N-dealkylation sites (N-methyl/N-ethyl adjacent to an activating group) is 1. The fourth-order valence-corrected chi connectivity index (χ4v) is 2.19. The second kappa shape index (κ2) is 6.17. The van der Waals surface area contributed by atoms with E-state index in [9.17, 15) is 14.4 Å². The highest BCUT2D eigenvalue weighted by atomic mass is 16.2. The number of nitrogens with one attached hydrogen (secondary N) is 1. The lowest BCUT2D eigenvalue weighted by Crippen LogP contribution is -2.54. The molecule has 1 N–H and O–H groups in total. The van der Waals surface area contributed by atoms with E-state index in [4.69, 9.17) is 0 Å². The Kier molecular flexibility index (Phi) is 5.09. The van der Waals surface area contributed by atoms with Gasteiger partial charge in [-0.1, -0.05) is 20.8 Å². The Morgan fingerprint density at radius 1 is 1.26 bits per heavy atom. The lowest BCUT2D eigenvalue weighted by molar-refractivity contribution is -0.153. The number of hydrogen-bond donors (Lipinski definition) is 1. The van der Waals surface area contributed by atoms with E-state index >= 15 is 0 Å². The number of piperidine rings is 1. The van der Waals surface area contributed by atoms with Crippen molar-refractivity contribution in [1.82, 2.24) is 10.2 Å². The maximum atomic E-state index is 12.3. The summed E-state index contributed by atoms with van der Waals surface area (Å²) in [6.45, 7) is 5.91. The van der Waals surface area contributed by atoms with Crippen molar-refractivity contribution >= 4 is 17.6 Å². The van der Waals surface area contributed by atoms with Gasteiger partial charge < -0.3 is 10.2 Å². The molecule has 19 heavy (non-hydrogen) atoms. The van der Waals surface area contributed by atoms with Crippen LogP contribution in [0.15, 0.2) is 0 Å². The first kappa shape index (κ1) is 15.7. The minimum atomic E-state index is -0.665. The highest BCUT2D eigenvalue weighted by molar-refractivity contribution is 6.38. The van der Waals surface area contributed by atoms with Gasteiger partial charge in [0.2, 0.25) is 11.7 Å². The lowest BCUT2D eigenvalue weighted by atomic mass is 9.84. The van der Waals surface area contributed by atoms with E-state index in [1.165, 1.54) is 4.90 Å². The smallest absolute Gasteiger partial charge is 0.291 e. The van der Waals surface area contributed by atoms with Crippen LogP contribution >= 0.6 is 0 Å². The Morgan fingerprint density at radius 3 is 2.42 bits per heavy atom. The molecule has 1 saturated heterocycles. The van der Waals surface area contributed by atoms with E-state index in [-0.39, 0.29) is 5.91 Å². The summed E-state index contributed by atoms with van der Waals surface area (Å²) in [5, 5.41) is 2.57. The predicted octanol–water partition coefficient (Wildman–Crippen LogP) is 1.12. The van der Waals surface area contributed by atoms with Crippen LogP contribution in [-0.2, 0) is 14.4 Å². The summed E-state index contributed by atoms with van der Waals surface area (Å²) in [5.41, 5.74) is -0.665. The second-order valence-electron chi connectivity index (χ2n) is 5.69. The van der Waals surface area contributed by atoms with Crippen LogP contribution in [0.2, 0.25) is 0 Å². The predicted molar refractivity (Wildman–Crippen MR) is 72.5 cm³/mol. The minimum Gasteiger partial charge on any atom is -0.357 e. The topological polar surface area (TPSA) is 66.5 Å². The number of likely N-dealkylation sites (tertiary alicyclic amines) is 1. The molecule has 0 aromatic heterocycles. The van der Waals surface area contributed by atoms with Gasteiger partial charge in [0.05, 0.1) is 0 Å². The van der Waals surface area contributed by atoms with E-state index < -0.39 is 23.1 Å². The van der Waals surface area contributed by atoms with E-state index in [0.717, 1.165) is 12.8 Å². The van der Waals surface area contributed by atoms with Crippen LogP contribution in [0, 0.1) is 5.41 Å². The fraction of sp³-hybridized carbons (Fsp3) is 0.786. The third-order valence-corrected chi connectivity index (χ3v) is 4.01. The number of nitrogens with zero attached hydrogens (tertiary/aromatic N) is 1. The van der Waals surface area contributed by atoms with E-state index in [0.29, 0.717) is 19.4 Å². The number of amides is 2. The summed E-state index contributed by atoms with van der Waals surface area (Å²) < 4.78 is 0.